The summed E-state index contributed by atoms with van der Waals surface area (Å²) in [6.45, 7) is 1.93. The minimum absolute atomic E-state index is 0.0109. The number of nitrogens with one attached hydrogen (secondary N) is 2. The molecule has 0 aliphatic heterocycles. The van der Waals surface area contributed by atoms with Crippen molar-refractivity contribution in [3.63, 3.8) is 0 Å². The summed E-state index contributed by atoms with van der Waals surface area (Å²) in [5.74, 6) is 0.785. The lowest BCUT2D eigenvalue weighted by Gasteiger charge is -2.11. The van der Waals surface area contributed by atoms with Gasteiger partial charge in [0.1, 0.15) is 5.82 Å². The molecule has 0 saturated carbocycles. The van der Waals surface area contributed by atoms with Gasteiger partial charge in [-0.15, -0.1) is 0 Å². The van der Waals surface area contributed by atoms with Crippen LogP contribution in [0.3, 0.4) is 0 Å². The Bertz CT molecular complexity index is 756. The molecule has 2 heterocycles. The highest BCUT2D eigenvalue weighted by Crippen LogP contribution is 2.15. The number of benzene rings is 1. The zero-order valence-electron chi connectivity index (χ0n) is 12.7. The Kier molecular flexibility index (Phi) is 3.91. The van der Waals surface area contributed by atoms with E-state index in [1.807, 2.05) is 44.4 Å². The summed E-state index contributed by atoms with van der Waals surface area (Å²) >= 11 is 0. The highest BCUT2D eigenvalue weighted by molar-refractivity contribution is 5.77. The van der Waals surface area contributed by atoms with E-state index in [4.69, 9.17) is 0 Å². The molecule has 0 aliphatic carbocycles. The number of nitrogens with zero attached hydrogens (tertiary/aromatic N) is 3. The van der Waals surface area contributed by atoms with Crippen molar-refractivity contribution in [2.24, 2.45) is 7.05 Å². The van der Waals surface area contributed by atoms with Crippen LogP contribution in [0.5, 0.6) is 0 Å². The number of carbonyl (C=O) groups excluding carboxylic acids is 1. The minimum atomic E-state index is -0.145. The van der Waals surface area contributed by atoms with Crippen molar-refractivity contribution in [2.45, 2.75) is 25.8 Å². The smallest absolute Gasteiger partial charge is 0.220 e. The molecule has 0 fully saturated rings. The first kappa shape index (κ1) is 14.3. The average molecular weight is 297 g/mol. The number of aryl methyl sites for hydroxylation is 2. The number of aromatic amines is 1. The van der Waals surface area contributed by atoms with Crippen LogP contribution in [-0.4, -0.2) is 25.7 Å². The predicted molar refractivity (Wildman–Crippen MR) is 84.2 cm³/mol. The highest BCUT2D eigenvalue weighted by atomic mass is 16.1. The van der Waals surface area contributed by atoms with Gasteiger partial charge in [-0.2, -0.15) is 5.10 Å². The predicted octanol–water partition coefficient (Wildman–Crippen LogP) is 2.11. The zero-order valence-corrected chi connectivity index (χ0v) is 12.7. The van der Waals surface area contributed by atoms with Gasteiger partial charge in [0.05, 0.1) is 23.3 Å². The summed E-state index contributed by atoms with van der Waals surface area (Å²) < 4.78 is 1.74. The van der Waals surface area contributed by atoms with Crippen molar-refractivity contribution < 1.29 is 4.79 Å². The maximum absolute atomic E-state index is 12.0. The van der Waals surface area contributed by atoms with Crippen LogP contribution in [0.1, 0.15) is 30.8 Å². The lowest BCUT2D eigenvalue weighted by molar-refractivity contribution is -0.121. The van der Waals surface area contributed by atoms with Gasteiger partial charge in [-0.25, -0.2) is 4.98 Å². The molecule has 0 spiro atoms. The van der Waals surface area contributed by atoms with Gasteiger partial charge in [0.25, 0.3) is 0 Å². The van der Waals surface area contributed by atoms with Crippen LogP contribution >= 0.6 is 0 Å². The second kappa shape index (κ2) is 6.01. The molecule has 2 aromatic heterocycles. The molecular formula is C16H19N5O. The number of rotatable bonds is 5. The third-order valence-corrected chi connectivity index (χ3v) is 3.59. The summed E-state index contributed by atoms with van der Waals surface area (Å²) in [6.07, 6.45) is 4.84. The van der Waals surface area contributed by atoms with Crippen LogP contribution in [0.15, 0.2) is 36.7 Å². The SMILES string of the molecule is CC(NC(=O)CCc1cnn(C)c1)c1nc2ccccc2[nH]1. The Morgan fingerprint density at radius 1 is 1.41 bits per heavy atom. The Morgan fingerprint density at radius 3 is 2.95 bits per heavy atom. The fraction of sp³-hybridized carbons (Fsp3) is 0.312. The van der Waals surface area contributed by atoms with Crippen molar-refractivity contribution in [1.29, 1.82) is 0 Å². The maximum Gasteiger partial charge on any atom is 0.220 e. The van der Waals surface area contributed by atoms with E-state index in [1.54, 1.807) is 10.9 Å². The number of carbonyl (C=O) groups is 1. The largest absolute Gasteiger partial charge is 0.346 e. The first-order valence-electron chi connectivity index (χ1n) is 7.33. The number of aromatic nitrogens is 4. The molecule has 3 aromatic rings. The van der Waals surface area contributed by atoms with E-state index in [-0.39, 0.29) is 11.9 Å². The molecule has 0 bridgehead atoms. The van der Waals surface area contributed by atoms with E-state index < -0.39 is 0 Å². The number of para-hydroxylation sites is 2. The first-order valence-corrected chi connectivity index (χ1v) is 7.33. The minimum Gasteiger partial charge on any atom is -0.346 e. The van der Waals surface area contributed by atoms with E-state index >= 15 is 0 Å². The quantitative estimate of drug-likeness (QED) is 0.757. The number of hydrogen-bond donors (Lipinski definition) is 2. The summed E-state index contributed by atoms with van der Waals surface area (Å²) in [5, 5.41) is 7.07. The van der Waals surface area contributed by atoms with Crippen molar-refractivity contribution >= 4 is 16.9 Å². The molecule has 1 aromatic carbocycles. The number of hydrogen-bond acceptors (Lipinski definition) is 3. The Balaban J connectivity index is 1.58. The third kappa shape index (κ3) is 3.16. The van der Waals surface area contributed by atoms with Crippen LogP contribution in [0, 0.1) is 0 Å². The molecule has 6 nitrogen and oxygen atoms in total. The lowest BCUT2D eigenvalue weighted by Crippen LogP contribution is -2.27. The van der Waals surface area contributed by atoms with Gasteiger partial charge < -0.3 is 10.3 Å². The zero-order chi connectivity index (χ0) is 15.5. The maximum atomic E-state index is 12.0. The topological polar surface area (TPSA) is 75.6 Å². The fourth-order valence-corrected chi connectivity index (χ4v) is 2.42. The summed E-state index contributed by atoms with van der Waals surface area (Å²) in [7, 11) is 1.87. The lowest BCUT2D eigenvalue weighted by atomic mass is 10.2. The Morgan fingerprint density at radius 2 is 2.23 bits per heavy atom. The monoisotopic (exact) mass is 297 g/mol. The molecule has 1 atom stereocenters. The summed E-state index contributed by atoms with van der Waals surface area (Å²) in [5.41, 5.74) is 2.96. The number of amides is 1. The van der Waals surface area contributed by atoms with Crippen LogP contribution in [0.2, 0.25) is 0 Å². The van der Waals surface area contributed by atoms with E-state index in [0.717, 1.165) is 22.4 Å². The second-order valence-corrected chi connectivity index (χ2v) is 5.45. The van der Waals surface area contributed by atoms with Gasteiger partial charge in [0.15, 0.2) is 0 Å². The average Bonchev–Trinajstić information content (AvgIpc) is 3.11. The first-order chi connectivity index (χ1) is 10.6. The molecule has 0 aliphatic rings. The number of imidazole rings is 1. The summed E-state index contributed by atoms with van der Waals surface area (Å²) in [6, 6.07) is 7.69. The van der Waals surface area contributed by atoms with Crippen molar-refractivity contribution in [1.82, 2.24) is 25.1 Å². The molecule has 22 heavy (non-hydrogen) atoms. The Hall–Kier alpha value is -2.63. The van der Waals surface area contributed by atoms with E-state index in [2.05, 4.69) is 20.4 Å². The molecule has 3 rings (SSSR count). The molecule has 6 heteroatoms. The van der Waals surface area contributed by atoms with Gasteiger partial charge in [0, 0.05) is 19.7 Å². The van der Waals surface area contributed by atoms with E-state index in [1.165, 1.54) is 0 Å². The molecular weight excluding hydrogens is 278 g/mol. The molecule has 1 unspecified atom stereocenters. The molecule has 2 N–H and O–H groups in total. The van der Waals surface area contributed by atoms with Crippen molar-refractivity contribution in [3.8, 4) is 0 Å². The standard InChI is InChI=1S/C16H19N5O/c1-11(16-19-13-5-3-4-6-14(13)20-16)18-15(22)8-7-12-9-17-21(2)10-12/h3-6,9-11H,7-8H2,1-2H3,(H,18,22)(H,19,20). The summed E-state index contributed by atoms with van der Waals surface area (Å²) in [4.78, 5) is 19.8. The van der Waals surface area contributed by atoms with Crippen LogP contribution in [0.25, 0.3) is 11.0 Å². The fourth-order valence-electron chi connectivity index (χ4n) is 2.42. The third-order valence-electron chi connectivity index (χ3n) is 3.59. The number of fused-ring (bicyclic) bond motifs is 1. The molecule has 114 valence electrons. The highest BCUT2D eigenvalue weighted by Gasteiger charge is 2.13. The molecule has 1 amide bonds. The van der Waals surface area contributed by atoms with Crippen LogP contribution in [-0.2, 0) is 18.3 Å². The van der Waals surface area contributed by atoms with Gasteiger partial charge in [-0.1, -0.05) is 12.1 Å². The van der Waals surface area contributed by atoms with E-state index in [9.17, 15) is 4.79 Å². The van der Waals surface area contributed by atoms with Crippen molar-refractivity contribution in [3.05, 3.63) is 48.0 Å². The van der Waals surface area contributed by atoms with Crippen molar-refractivity contribution in [2.75, 3.05) is 0 Å². The Labute approximate surface area is 128 Å². The van der Waals surface area contributed by atoms with Gasteiger partial charge in [-0.3, -0.25) is 9.48 Å². The van der Waals surface area contributed by atoms with Gasteiger partial charge >= 0.3 is 0 Å². The number of H-pyrrole nitrogens is 1. The van der Waals surface area contributed by atoms with Gasteiger partial charge in [-0.05, 0) is 31.0 Å². The molecule has 0 radical (unpaired) electrons. The van der Waals surface area contributed by atoms with Crippen LogP contribution < -0.4 is 5.32 Å². The van der Waals surface area contributed by atoms with Crippen LogP contribution in [0.4, 0.5) is 0 Å². The second-order valence-electron chi connectivity index (χ2n) is 5.45. The molecule has 0 saturated heterocycles. The normalized spacial score (nSPS) is 12.5. The van der Waals surface area contributed by atoms with E-state index in [0.29, 0.717) is 12.8 Å². The van der Waals surface area contributed by atoms with Gasteiger partial charge in [0.2, 0.25) is 5.91 Å².